The summed E-state index contributed by atoms with van der Waals surface area (Å²) in [6.45, 7) is 5.24. The molecule has 7 heteroatoms. The van der Waals surface area contributed by atoms with Crippen LogP contribution in [0.15, 0.2) is 15.7 Å². The molecule has 0 aliphatic carbocycles. The minimum atomic E-state index is -0.665. The number of piperazine rings is 1. The molecule has 18 heavy (non-hydrogen) atoms. The molecule has 1 aromatic rings. The van der Waals surface area contributed by atoms with Crippen molar-refractivity contribution in [1.29, 1.82) is 0 Å². The van der Waals surface area contributed by atoms with Gasteiger partial charge in [-0.25, -0.2) is 4.79 Å². The van der Waals surface area contributed by atoms with Crippen LogP contribution in [0.3, 0.4) is 0 Å². The Morgan fingerprint density at radius 2 is 1.83 bits per heavy atom. The number of nitrogens with zero attached hydrogens (tertiary/aromatic N) is 1. The van der Waals surface area contributed by atoms with Gasteiger partial charge in [-0.1, -0.05) is 0 Å². The summed E-state index contributed by atoms with van der Waals surface area (Å²) in [4.78, 5) is 40.8. The summed E-state index contributed by atoms with van der Waals surface area (Å²) in [7, 11) is 0. The van der Waals surface area contributed by atoms with Gasteiger partial charge in [0.25, 0.3) is 11.5 Å². The maximum atomic E-state index is 12.3. The minimum Gasteiger partial charge on any atom is -0.329 e. The molecule has 2 rings (SSSR count). The standard InChI is InChI=1S/C11H16N4O3/c1-6-4-12-5-7(2)15(6)10(17)8-3-9(16)14-11(18)13-8/h3,6-7,12H,4-5H2,1-2H3,(H2,13,14,16,18). The second-order valence-electron chi connectivity index (χ2n) is 4.57. The van der Waals surface area contributed by atoms with Gasteiger partial charge in [-0.3, -0.25) is 14.6 Å². The molecular formula is C11H16N4O3. The van der Waals surface area contributed by atoms with Crippen LogP contribution in [-0.2, 0) is 0 Å². The number of carbonyl (C=O) groups excluding carboxylic acids is 1. The third-order valence-electron chi connectivity index (χ3n) is 3.05. The van der Waals surface area contributed by atoms with E-state index in [-0.39, 0.29) is 23.7 Å². The van der Waals surface area contributed by atoms with Crippen LogP contribution in [0.4, 0.5) is 0 Å². The molecule has 0 bridgehead atoms. The van der Waals surface area contributed by atoms with Gasteiger partial charge in [0.1, 0.15) is 5.69 Å². The Morgan fingerprint density at radius 3 is 2.39 bits per heavy atom. The number of aromatic amines is 2. The van der Waals surface area contributed by atoms with Crippen molar-refractivity contribution in [2.24, 2.45) is 0 Å². The molecule has 0 aromatic carbocycles. The highest BCUT2D eigenvalue weighted by atomic mass is 16.2. The second kappa shape index (κ2) is 4.77. The molecule has 0 radical (unpaired) electrons. The Balaban J connectivity index is 2.35. The van der Waals surface area contributed by atoms with Gasteiger partial charge in [0.05, 0.1) is 0 Å². The summed E-state index contributed by atoms with van der Waals surface area (Å²) in [5.41, 5.74) is -1.21. The number of aromatic nitrogens is 2. The predicted octanol–water partition coefficient (Wildman–Crippen LogP) is -1.11. The first-order valence-corrected chi connectivity index (χ1v) is 5.86. The lowest BCUT2D eigenvalue weighted by molar-refractivity contribution is 0.0537. The molecule has 7 nitrogen and oxygen atoms in total. The van der Waals surface area contributed by atoms with Crippen molar-refractivity contribution in [3.63, 3.8) is 0 Å². The minimum absolute atomic E-state index is 0.0176. The SMILES string of the molecule is CC1CNCC(C)N1C(=O)c1cc(=O)[nH]c(=O)[nH]1. The van der Waals surface area contributed by atoms with Crippen molar-refractivity contribution in [1.82, 2.24) is 20.2 Å². The monoisotopic (exact) mass is 252 g/mol. The van der Waals surface area contributed by atoms with Gasteiger partial charge >= 0.3 is 5.69 Å². The zero-order chi connectivity index (χ0) is 13.3. The summed E-state index contributed by atoms with van der Waals surface area (Å²) in [5.74, 6) is -0.320. The average Bonchev–Trinajstić information content (AvgIpc) is 2.27. The quantitative estimate of drug-likeness (QED) is 0.590. The number of hydrogen-bond donors (Lipinski definition) is 3. The maximum absolute atomic E-state index is 12.3. The first-order chi connectivity index (χ1) is 8.49. The van der Waals surface area contributed by atoms with Gasteiger partial charge in [0, 0.05) is 31.2 Å². The molecule has 3 N–H and O–H groups in total. The lowest BCUT2D eigenvalue weighted by Crippen LogP contribution is -2.57. The summed E-state index contributed by atoms with van der Waals surface area (Å²) >= 11 is 0. The molecule has 2 unspecified atom stereocenters. The summed E-state index contributed by atoms with van der Waals surface area (Å²) in [6.07, 6.45) is 0. The number of amides is 1. The van der Waals surface area contributed by atoms with Crippen LogP contribution >= 0.6 is 0 Å². The highest BCUT2D eigenvalue weighted by molar-refractivity contribution is 5.92. The van der Waals surface area contributed by atoms with Crippen LogP contribution < -0.4 is 16.6 Å². The van der Waals surface area contributed by atoms with E-state index in [9.17, 15) is 14.4 Å². The van der Waals surface area contributed by atoms with Gasteiger partial charge in [0.15, 0.2) is 0 Å². The van der Waals surface area contributed by atoms with Crippen LogP contribution in [0.1, 0.15) is 24.3 Å². The molecule has 2 atom stereocenters. The third kappa shape index (κ3) is 2.35. The van der Waals surface area contributed by atoms with Gasteiger partial charge in [-0.15, -0.1) is 0 Å². The summed E-state index contributed by atoms with van der Waals surface area (Å²) in [5, 5.41) is 3.21. The zero-order valence-electron chi connectivity index (χ0n) is 10.3. The van der Waals surface area contributed by atoms with E-state index in [4.69, 9.17) is 0 Å². The normalized spacial score (nSPS) is 24.0. The van der Waals surface area contributed by atoms with Crippen molar-refractivity contribution in [2.45, 2.75) is 25.9 Å². The second-order valence-corrected chi connectivity index (χ2v) is 4.57. The van der Waals surface area contributed by atoms with Gasteiger partial charge < -0.3 is 15.2 Å². The van der Waals surface area contributed by atoms with Crippen LogP contribution in [0.25, 0.3) is 0 Å². The first kappa shape index (κ1) is 12.6. The maximum Gasteiger partial charge on any atom is 0.326 e. The molecule has 0 saturated carbocycles. The van der Waals surface area contributed by atoms with Crippen LogP contribution in [0.2, 0.25) is 0 Å². The molecule has 98 valence electrons. The fourth-order valence-corrected chi connectivity index (χ4v) is 2.26. The number of hydrogen-bond acceptors (Lipinski definition) is 4. The smallest absolute Gasteiger partial charge is 0.326 e. The lowest BCUT2D eigenvalue weighted by atomic mass is 10.1. The highest BCUT2D eigenvalue weighted by Crippen LogP contribution is 2.12. The molecular weight excluding hydrogens is 236 g/mol. The zero-order valence-corrected chi connectivity index (χ0v) is 10.3. The van der Waals surface area contributed by atoms with Crippen molar-refractivity contribution >= 4 is 5.91 Å². The number of rotatable bonds is 1. The van der Waals surface area contributed by atoms with Crippen LogP contribution in [0.5, 0.6) is 0 Å². The highest BCUT2D eigenvalue weighted by Gasteiger charge is 2.30. The molecule has 1 aromatic heterocycles. The Labute approximate surface area is 103 Å². The molecule has 1 fully saturated rings. The van der Waals surface area contributed by atoms with E-state index in [1.165, 1.54) is 0 Å². The Bertz CT molecular complexity index is 524. The van der Waals surface area contributed by atoms with E-state index < -0.39 is 11.2 Å². The Morgan fingerprint density at radius 1 is 1.22 bits per heavy atom. The van der Waals surface area contributed by atoms with E-state index >= 15 is 0 Å². The Hall–Kier alpha value is -1.89. The van der Waals surface area contributed by atoms with E-state index in [2.05, 4.69) is 10.3 Å². The van der Waals surface area contributed by atoms with E-state index in [1.54, 1.807) is 4.90 Å². The fourth-order valence-electron chi connectivity index (χ4n) is 2.26. The number of H-pyrrole nitrogens is 2. The lowest BCUT2D eigenvalue weighted by Gasteiger charge is -2.39. The van der Waals surface area contributed by atoms with Gasteiger partial charge in [-0.2, -0.15) is 0 Å². The number of nitrogens with one attached hydrogen (secondary N) is 3. The molecule has 0 spiro atoms. The molecule has 1 saturated heterocycles. The molecule has 1 aliphatic rings. The van der Waals surface area contributed by atoms with Crippen molar-refractivity contribution in [2.75, 3.05) is 13.1 Å². The van der Waals surface area contributed by atoms with Gasteiger partial charge in [-0.05, 0) is 13.8 Å². The average molecular weight is 252 g/mol. The first-order valence-electron chi connectivity index (χ1n) is 5.86. The van der Waals surface area contributed by atoms with E-state index in [1.807, 2.05) is 18.8 Å². The number of carbonyl (C=O) groups is 1. The van der Waals surface area contributed by atoms with Crippen molar-refractivity contribution in [3.05, 3.63) is 32.6 Å². The van der Waals surface area contributed by atoms with Gasteiger partial charge in [0.2, 0.25) is 0 Å². The predicted molar refractivity (Wildman–Crippen MR) is 65.6 cm³/mol. The van der Waals surface area contributed by atoms with E-state index in [0.717, 1.165) is 6.07 Å². The van der Waals surface area contributed by atoms with Crippen molar-refractivity contribution < 1.29 is 4.79 Å². The summed E-state index contributed by atoms with van der Waals surface area (Å²) in [6, 6.07) is 1.15. The molecule has 1 amide bonds. The third-order valence-corrected chi connectivity index (χ3v) is 3.05. The Kier molecular flexibility index (Phi) is 3.33. The molecule has 1 aliphatic heterocycles. The van der Waals surface area contributed by atoms with Crippen LogP contribution in [0, 0.1) is 0 Å². The van der Waals surface area contributed by atoms with Crippen LogP contribution in [-0.4, -0.2) is 45.9 Å². The largest absolute Gasteiger partial charge is 0.329 e. The van der Waals surface area contributed by atoms with E-state index in [0.29, 0.717) is 13.1 Å². The topological polar surface area (TPSA) is 98.1 Å². The molecule has 2 heterocycles. The van der Waals surface area contributed by atoms with Crippen molar-refractivity contribution in [3.8, 4) is 0 Å². The summed E-state index contributed by atoms with van der Waals surface area (Å²) < 4.78 is 0. The fraction of sp³-hybridized carbons (Fsp3) is 0.545.